The number of aromatic nitrogens is 4. The van der Waals surface area contributed by atoms with Crippen molar-refractivity contribution >= 4 is 29.4 Å². The first-order valence-electron chi connectivity index (χ1n) is 11.4. The van der Waals surface area contributed by atoms with E-state index in [1.165, 1.54) is 26.8 Å². The molecule has 1 aliphatic rings. The Kier molecular flexibility index (Phi) is 6.36. The quantitative estimate of drug-likeness (QED) is 0.389. The van der Waals surface area contributed by atoms with E-state index in [2.05, 4.69) is 15.3 Å². The maximum atomic E-state index is 13.8. The van der Waals surface area contributed by atoms with E-state index in [0.29, 0.717) is 31.9 Å². The van der Waals surface area contributed by atoms with Crippen LogP contribution >= 0.6 is 11.3 Å². The predicted molar refractivity (Wildman–Crippen MR) is 135 cm³/mol. The van der Waals surface area contributed by atoms with Gasteiger partial charge in [-0.2, -0.15) is 0 Å². The number of aromatic carboxylic acids is 1. The Balaban J connectivity index is 1.69. The number of rotatable bonds is 6. The number of para-hydroxylation sites is 1. The van der Waals surface area contributed by atoms with E-state index < -0.39 is 18.0 Å². The van der Waals surface area contributed by atoms with Crippen LogP contribution in [0.5, 0.6) is 0 Å². The number of hydrogen-bond donors (Lipinski definition) is 1. The summed E-state index contributed by atoms with van der Waals surface area (Å²) in [7, 11) is 0. The van der Waals surface area contributed by atoms with Gasteiger partial charge in [0.15, 0.2) is 10.5 Å². The molecule has 0 saturated carbocycles. The molecular formula is C26H21N5O5S. The van der Waals surface area contributed by atoms with Gasteiger partial charge in [-0.15, -0.1) is 5.10 Å². The van der Waals surface area contributed by atoms with Crippen LogP contribution in [0.25, 0.3) is 11.8 Å². The highest BCUT2D eigenvalue weighted by Gasteiger charge is 2.33. The molecule has 2 aromatic carbocycles. The second-order valence-corrected chi connectivity index (χ2v) is 9.13. The van der Waals surface area contributed by atoms with Gasteiger partial charge in [-0.25, -0.2) is 19.3 Å². The van der Waals surface area contributed by atoms with E-state index >= 15 is 0 Å². The number of carboxylic acid groups (broad SMARTS) is 1. The number of fused-ring (bicyclic) bond motifs is 1. The van der Waals surface area contributed by atoms with Crippen molar-refractivity contribution in [1.29, 1.82) is 0 Å². The monoisotopic (exact) mass is 515 g/mol. The normalized spacial score (nSPS) is 15.3. The third-order valence-electron chi connectivity index (χ3n) is 5.82. The zero-order valence-corrected chi connectivity index (χ0v) is 20.7. The fraction of sp³-hybridized carbons (Fsp3) is 0.154. The first kappa shape index (κ1) is 24.1. The molecule has 186 valence electrons. The molecule has 0 bridgehead atoms. The smallest absolute Gasteiger partial charge is 0.358 e. The molecule has 0 amide bonds. The Hall–Kier alpha value is -4.64. The molecule has 1 N–H and O–H groups in total. The second-order valence-electron chi connectivity index (χ2n) is 8.13. The van der Waals surface area contributed by atoms with Crippen molar-refractivity contribution in [1.82, 2.24) is 19.6 Å². The van der Waals surface area contributed by atoms with Crippen molar-refractivity contribution in [2.24, 2.45) is 4.99 Å². The fourth-order valence-corrected chi connectivity index (χ4v) is 5.22. The summed E-state index contributed by atoms with van der Waals surface area (Å²) in [5.41, 5.74) is 2.24. The van der Waals surface area contributed by atoms with Gasteiger partial charge in [0, 0.05) is 5.56 Å². The number of ether oxygens (including phenoxy) is 1. The highest BCUT2D eigenvalue weighted by atomic mass is 32.1. The van der Waals surface area contributed by atoms with Gasteiger partial charge in [0.25, 0.3) is 5.56 Å². The van der Waals surface area contributed by atoms with Gasteiger partial charge in [0.05, 0.1) is 40.3 Å². The Labute approximate surface area is 214 Å². The number of hydrogen-bond acceptors (Lipinski definition) is 8. The van der Waals surface area contributed by atoms with Crippen molar-refractivity contribution in [2.75, 3.05) is 6.61 Å². The van der Waals surface area contributed by atoms with Crippen LogP contribution < -0.4 is 14.9 Å². The van der Waals surface area contributed by atoms with Crippen LogP contribution in [-0.2, 0) is 9.53 Å². The Morgan fingerprint density at radius 2 is 1.86 bits per heavy atom. The number of esters is 1. The molecule has 0 fully saturated rings. The number of carbonyl (C=O) groups excluding carboxylic acids is 1. The number of carbonyl (C=O) groups is 2. The number of carboxylic acids is 1. The summed E-state index contributed by atoms with van der Waals surface area (Å²) in [6.07, 6.45) is 3.01. The van der Waals surface area contributed by atoms with Gasteiger partial charge in [-0.05, 0) is 31.6 Å². The molecule has 1 unspecified atom stereocenters. The van der Waals surface area contributed by atoms with Crippen LogP contribution in [0.15, 0.2) is 81.9 Å². The molecule has 11 heteroatoms. The van der Waals surface area contributed by atoms with Crippen molar-refractivity contribution < 1.29 is 19.4 Å². The molecule has 0 aliphatic carbocycles. The minimum Gasteiger partial charge on any atom is -0.476 e. The van der Waals surface area contributed by atoms with Crippen molar-refractivity contribution in [3.63, 3.8) is 0 Å². The predicted octanol–water partition coefficient (Wildman–Crippen LogP) is 2.08. The largest absolute Gasteiger partial charge is 0.476 e. The molecule has 0 spiro atoms. The molecule has 0 radical (unpaired) electrons. The lowest BCUT2D eigenvalue weighted by atomic mass is 9.96. The number of benzene rings is 2. The summed E-state index contributed by atoms with van der Waals surface area (Å²) in [4.78, 5) is 43.0. The van der Waals surface area contributed by atoms with Gasteiger partial charge in [0.1, 0.15) is 0 Å². The number of thiazole rings is 1. The summed E-state index contributed by atoms with van der Waals surface area (Å²) in [5.74, 6) is -1.71. The maximum Gasteiger partial charge on any atom is 0.358 e. The van der Waals surface area contributed by atoms with E-state index in [0.717, 1.165) is 5.56 Å². The lowest BCUT2D eigenvalue weighted by molar-refractivity contribution is -0.139. The van der Waals surface area contributed by atoms with Gasteiger partial charge in [-0.3, -0.25) is 9.36 Å². The minimum absolute atomic E-state index is 0.195. The molecule has 1 aliphatic heterocycles. The van der Waals surface area contributed by atoms with Gasteiger partial charge >= 0.3 is 11.9 Å². The summed E-state index contributed by atoms with van der Waals surface area (Å²) < 4.78 is 8.57. The molecular weight excluding hydrogens is 494 g/mol. The Morgan fingerprint density at radius 3 is 2.57 bits per heavy atom. The van der Waals surface area contributed by atoms with Gasteiger partial charge in [0.2, 0.25) is 0 Å². The summed E-state index contributed by atoms with van der Waals surface area (Å²) in [5, 5.41) is 16.8. The van der Waals surface area contributed by atoms with E-state index in [-0.39, 0.29) is 17.9 Å². The second kappa shape index (κ2) is 9.78. The van der Waals surface area contributed by atoms with Crippen LogP contribution in [0.3, 0.4) is 0 Å². The van der Waals surface area contributed by atoms with Gasteiger partial charge < -0.3 is 9.84 Å². The number of nitrogens with zero attached hydrogens (tertiary/aromatic N) is 5. The molecule has 5 rings (SSSR count). The Bertz CT molecular complexity index is 1730. The standard InChI is InChI=1S/C26H21N5O5S/c1-3-36-25(35)21-15(2)27-26-31(22(21)16-9-5-4-6-10-16)23(32)20(37-26)13-17-11-7-8-12-19(17)30-14-18(24(33)34)28-29-30/h4-14,22H,3H2,1-2H3,(H,33,34)/b20-13-. The van der Waals surface area contributed by atoms with Crippen molar-refractivity contribution in [3.8, 4) is 5.69 Å². The van der Waals surface area contributed by atoms with E-state index in [1.54, 1.807) is 44.2 Å². The van der Waals surface area contributed by atoms with Crippen LogP contribution in [0.4, 0.5) is 0 Å². The van der Waals surface area contributed by atoms with Crippen LogP contribution in [0, 0.1) is 0 Å². The minimum atomic E-state index is -1.19. The van der Waals surface area contributed by atoms with E-state index in [1.807, 2.05) is 30.3 Å². The first-order valence-corrected chi connectivity index (χ1v) is 12.2. The molecule has 4 aromatic rings. The summed E-state index contributed by atoms with van der Waals surface area (Å²) in [6, 6.07) is 15.7. The fourth-order valence-electron chi connectivity index (χ4n) is 4.18. The van der Waals surface area contributed by atoms with Gasteiger partial charge in [-0.1, -0.05) is 65.1 Å². The lowest BCUT2D eigenvalue weighted by Crippen LogP contribution is -2.39. The van der Waals surface area contributed by atoms with E-state index in [4.69, 9.17) is 4.74 Å². The third-order valence-corrected chi connectivity index (χ3v) is 6.80. The lowest BCUT2D eigenvalue weighted by Gasteiger charge is -2.24. The average molecular weight is 516 g/mol. The average Bonchev–Trinajstić information content (AvgIpc) is 3.50. The van der Waals surface area contributed by atoms with Crippen molar-refractivity contribution in [2.45, 2.75) is 19.9 Å². The topological polar surface area (TPSA) is 129 Å². The zero-order chi connectivity index (χ0) is 26.1. The first-order chi connectivity index (χ1) is 17.9. The molecule has 37 heavy (non-hydrogen) atoms. The number of allylic oxidation sites excluding steroid dienone is 1. The van der Waals surface area contributed by atoms with E-state index in [9.17, 15) is 19.5 Å². The summed E-state index contributed by atoms with van der Waals surface area (Å²) >= 11 is 1.20. The molecule has 2 aromatic heterocycles. The van der Waals surface area contributed by atoms with Crippen LogP contribution in [0.1, 0.15) is 41.5 Å². The maximum absolute atomic E-state index is 13.8. The third kappa shape index (κ3) is 4.40. The molecule has 0 saturated heterocycles. The van der Waals surface area contributed by atoms with Crippen LogP contribution in [-0.4, -0.2) is 43.2 Å². The molecule has 1 atom stereocenters. The zero-order valence-electron chi connectivity index (χ0n) is 19.9. The SMILES string of the molecule is CCOC(=O)C1=C(C)N=c2s/c(=C\c3ccccc3-n3cc(C(=O)O)nn3)c(=O)n2C1c1ccccc1. The highest BCUT2D eigenvalue weighted by Crippen LogP contribution is 2.30. The summed E-state index contributed by atoms with van der Waals surface area (Å²) in [6.45, 7) is 3.66. The molecule has 10 nitrogen and oxygen atoms in total. The molecule has 3 heterocycles. The highest BCUT2D eigenvalue weighted by molar-refractivity contribution is 7.07. The van der Waals surface area contributed by atoms with Crippen LogP contribution in [0.2, 0.25) is 0 Å². The Morgan fingerprint density at radius 1 is 1.14 bits per heavy atom. The van der Waals surface area contributed by atoms with Crippen molar-refractivity contribution in [3.05, 3.63) is 109 Å².